The second-order valence-electron chi connectivity index (χ2n) is 5.10. The van der Waals surface area contributed by atoms with E-state index in [0.717, 1.165) is 30.7 Å². The second kappa shape index (κ2) is 4.15. The lowest BCUT2D eigenvalue weighted by molar-refractivity contribution is 0.142. The van der Waals surface area contributed by atoms with Gasteiger partial charge in [0.05, 0.1) is 6.04 Å². The summed E-state index contributed by atoms with van der Waals surface area (Å²) in [4.78, 5) is 4.69. The molecule has 0 aromatic heterocycles. The van der Waals surface area contributed by atoms with Crippen molar-refractivity contribution in [1.29, 1.82) is 0 Å². The van der Waals surface area contributed by atoms with Crippen molar-refractivity contribution in [2.45, 2.75) is 44.4 Å². The molecule has 3 unspecified atom stereocenters. The lowest BCUT2D eigenvalue weighted by atomic mass is 9.90. The fraction of sp³-hybridized carbons (Fsp3) is 0.500. The normalized spacial score (nSPS) is 31.6. The van der Waals surface area contributed by atoms with Crippen LogP contribution in [-0.4, -0.2) is 24.1 Å². The van der Waals surface area contributed by atoms with Crippen LogP contribution in [0.3, 0.4) is 0 Å². The number of aryl methyl sites for hydroxylation is 1. The molecule has 0 radical (unpaired) electrons. The Labute approximate surface area is 102 Å². The van der Waals surface area contributed by atoms with Gasteiger partial charge in [-0.25, -0.2) is 4.99 Å². The Bertz CT molecular complexity index is 455. The third-order valence-electron chi connectivity index (χ3n) is 3.61. The summed E-state index contributed by atoms with van der Waals surface area (Å²) in [7, 11) is 0. The van der Waals surface area contributed by atoms with Gasteiger partial charge in [0.25, 0.3) is 0 Å². The van der Waals surface area contributed by atoms with E-state index in [1.807, 2.05) is 6.07 Å². The topological polar surface area (TPSA) is 47.6 Å². The highest BCUT2D eigenvalue weighted by molar-refractivity contribution is 5.95. The monoisotopic (exact) mass is 230 g/mol. The molecule has 17 heavy (non-hydrogen) atoms. The Balaban J connectivity index is 1.82. The molecule has 2 N–H and O–H groups in total. The fourth-order valence-electron chi connectivity index (χ4n) is 2.66. The van der Waals surface area contributed by atoms with E-state index in [9.17, 15) is 0 Å². The summed E-state index contributed by atoms with van der Waals surface area (Å²) in [5.74, 6) is 0.804. The van der Waals surface area contributed by atoms with Crippen LogP contribution in [0.1, 0.15) is 30.4 Å². The van der Waals surface area contributed by atoms with E-state index in [1.165, 1.54) is 5.56 Å². The first kappa shape index (κ1) is 10.8. The molecule has 3 atom stereocenters. The minimum atomic E-state index is 0.203. The largest absolute Gasteiger partial charge is 0.472 e. The molecular formula is C14H18N2O. The number of aliphatic imine (C=N–C) groups is 1. The van der Waals surface area contributed by atoms with Gasteiger partial charge in [-0.1, -0.05) is 17.7 Å². The molecular weight excluding hydrogens is 212 g/mol. The van der Waals surface area contributed by atoms with E-state index in [2.05, 4.69) is 25.1 Å². The van der Waals surface area contributed by atoms with E-state index in [-0.39, 0.29) is 12.1 Å². The highest BCUT2D eigenvalue weighted by atomic mass is 16.5. The maximum atomic E-state index is 5.97. The molecule has 0 spiro atoms. The number of hydrogen-bond donors (Lipinski definition) is 1. The van der Waals surface area contributed by atoms with Crippen molar-refractivity contribution < 1.29 is 4.74 Å². The maximum Gasteiger partial charge on any atom is 0.216 e. The molecule has 0 saturated heterocycles. The standard InChI is InChI=1S/C14H18N2O/c1-9-3-2-4-10(7-9)14-16-12-6-5-11(15)8-13(12)17-14/h2-4,7,11-13H,5-6,8,15H2,1H3. The first-order chi connectivity index (χ1) is 8.22. The molecule has 1 aromatic rings. The van der Waals surface area contributed by atoms with Crippen molar-refractivity contribution in [2.24, 2.45) is 10.7 Å². The molecule has 3 rings (SSSR count). The number of rotatable bonds is 1. The van der Waals surface area contributed by atoms with E-state index in [1.54, 1.807) is 0 Å². The predicted molar refractivity (Wildman–Crippen MR) is 68.2 cm³/mol. The highest BCUT2D eigenvalue weighted by Gasteiger charge is 2.36. The highest BCUT2D eigenvalue weighted by Crippen LogP contribution is 2.29. The fourth-order valence-corrected chi connectivity index (χ4v) is 2.66. The molecule has 1 aliphatic carbocycles. The predicted octanol–water partition coefficient (Wildman–Crippen LogP) is 2.02. The van der Waals surface area contributed by atoms with Crippen LogP contribution < -0.4 is 5.73 Å². The molecule has 0 amide bonds. The van der Waals surface area contributed by atoms with Gasteiger partial charge < -0.3 is 10.5 Å². The van der Waals surface area contributed by atoms with Crippen LogP contribution in [0.25, 0.3) is 0 Å². The molecule has 3 nitrogen and oxygen atoms in total. The van der Waals surface area contributed by atoms with Crippen molar-refractivity contribution in [3.63, 3.8) is 0 Å². The number of fused-ring (bicyclic) bond motifs is 1. The summed E-state index contributed by atoms with van der Waals surface area (Å²) >= 11 is 0. The number of ether oxygens (including phenoxy) is 1. The van der Waals surface area contributed by atoms with Gasteiger partial charge in [-0.2, -0.15) is 0 Å². The number of nitrogens with two attached hydrogens (primary N) is 1. The minimum absolute atomic E-state index is 0.203. The first-order valence-electron chi connectivity index (χ1n) is 6.29. The zero-order valence-electron chi connectivity index (χ0n) is 10.1. The maximum absolute atomic E-state index is 5.97. The second-order valence-corrected chi connectivity index (χ2v) is 5.10. The van der Waals surface area contributed by atoms with Gasteiger partial charge in [0.15, 0.2) is 0 Å². The van der Waals surface area contributed by atoms with Gasteiger partial charge >= 0.3 is 0 Å². The summed E-state index contributed by atoms with van der Waals surface area (Å²) < 4.78 is 5.95. The number of hydrogen-bond acceptors (Lipinski definition) is 3. The Hall–Kier alpha value is -1.35. The summed E-state index contributed by atoms with van der Waals surface area (Å²) in [5, 5.41) is 0. The molecule has 90 valence electrons. The molecule has 1 saturated carbocycles. The minimum Gasteiger partial charge on any atom is -0.472 e. The van der Waals surface area contributed by atoms with Crippen LogP contribution in [0, 0.1) is 6.92 Å². The van der Waals surface area contributed by atoms with Gasteiger partial charge in [-0.15, -0.1) is 0 Å². The van der Waals surface area contributed by atoms with Gasteiger partial charge in [0, 0.05) is 18.0 Å². The molecule has 1 aromatic carbocycles. The molecule has 1 fully saturated rings. The van der Waals surface area contributed by atoms with E-state index in [4.69, 9.17) is 15.5 Å². The van der Waals surface area contributed by atoms with Crippen molar-refractivity contribution in [3.05, 3.63) is 35.4 Å². The van der Waals surface area contributed by atoms with Gasteiger partial charge in [0.2, 0.25) is 5.90 Å². The van der Waals surface area contributed by atoms with Gasteiger partial charge in [-0.3, -0.25) is 0 Å². The van der Waals surface area contributed by atoms with Crippen LogP contribution in [0.4, 0.5) is 0 Å². The van der Waals surface area contributed by atoms with Crippen LogP contribution in [0.5, 0.6) is 0 Å². The lowest BCUT2D eigenvalue weighted by Gasteiger charge is -2.26. The van der Waals surface area contributed by atoms with Crippen LogP contribution >= 0.6 is 0 Å². The van der Waals surface area contributed by atoms with Crippen molar-refractivity contribution in [2.75, 3.05) is 0 Å². The summed E-state index contributed by atoms with van der Waals surface area (Å²) in [6.07, 6.45) is 3.26. The Morgan fingerprint density at radius 3 is 3.06 bits per heavy atom. The molecule has 3 heteroatoms. The number of benzene rings is 1. The lowest BCUT2D eigenvalue weighted by Crippen LogP contribution is -2.37. The van der Waals surface area contributed by atoms with Crippen molar-refractivity contribution >= 4 is 5.90 Å². The Morgan fingerprint density at radius 1 is 1.35 bits per heavy atom. The van der Waals surface area contributed by atoms with Gasteiger partial charge in [-0.05, 0) is 31.9 Å². The summed E-state index contributed by atoms with van der Waals surface area (Å²) in [6.45, 7) is 2.09. The van der Waals surface area contributed by atoms with Gasteiger partial charge in [0.1, 0.15) is 6.10 Å². The molecule has 2 aliphatic rings. The van der Waals surface area contributed by atoms with Crippen LogP contribution in [-0.2, 0) is 4.74 Å². The average molecular weight is 230 g/mol. The molecule has 1 heterocycles. The first-order valence-corrected chi connectivity index (χ1v) is 6.29. The summed E-state index contributed by atoms with van der Waals surface area (Å²) in [6, 6.07) is 8.92. The van der Waals surface area contributed by atoms with Crippen molar-refractivity contribution in [3.8, 4) is 0 Å². The zero-order valence-corrected chi connectivity index (χ0v) is 10.1. The SMILES string of the molecule is Cc1cccc(C2=NC3CCC(N)CC3O2)c1. The molecule has 0 bridgehead atoms. The number of nitrogens with zero attached hydrogens (tertiary/aromatic N) is 1. The van der Waals surface area contributed by atoms with E-state index >= 15 is 0 Å². The Kier molecular flexibility index (Phi) is 2.63. The third kappa shape index (κ3) is 2.07. The summed E-state index contributed by atoms with van der Waals surface area (Å²) in [5.41, 5.74) is 8.30. The van der Waals surface area contributed by atoms with Crippen LogP contribution in [0.2, 0.25) is 0 Å². The smallest absolute Gasteiger partial charge is 0.216 e. The third-order valence-corrected chi connectivity index (χ3v) is 3.61. The Morgan fingerprint density at radius 2 is 2.24 bits per heavy atom. The van der Waals surface area contributed by atoms with Crippen molar-refractivity contribution in [1.82, 2.24) is 0 Å². The average Bonchev–Trinajstić information content (AvgIpc) is 2.72. The van der Waals surface area contributed by atoms with E-state index < -0.39 is 0 Å². The zero-order chi connectivity index (χ0) is 11.8. The molecule has 1 aliphatic heterocycles. The quantitative estimate of drug-likeness (QED) is 0.802. The van der Waals surface area contributed by atoms with Crippen LogP contribution in [0.15, 0.2) is 29.3 Å². The van der Waals surface area contributed by atoms with E-state index in [0.29, 0.717) is 6.04 Å².